The monoisotopic (exact) mass is 271 g/mol. The van der Waals surface area contributed by atoms with E-state index in [1.165, 1.54) is 0 Å². The van der Waals surface area contributed by atoms with E-state index in [1.807, 2.05) is 6.92 Å². The minimum atomic E-state index is -0.844. The molecule has 2 fully saturated rings. The van der Waals surface area contributed by atoms with Crippen molar-refractivity contribution in [3.05, 3.63) is 0 Å². The third-order valence-electron chi connectivity index (χ3n) is 4.02. The molecule has 1 saturated heterocycles. The van der Waals surface area contributed by atoms with Gasteiger partial charge in [-0.3, -0.25) is 9.59 Å². The van der Waals surface area contributed by atoms with Crippen LogP contribution in [0, 0.1) is 5.92 Å². The maximum Gasteiger partial charge on any atom is 0.308 e. The second-order valence-electron chi connectivity index (χ2n) is 5.48. The number of carbonyl (C=O) groups excluding carboxylic acids is 1. The first-order valence-corrected chi connectivity index (χ1v) is 6.77. The van der Waals surface area contributed by atoms with E-state index in [9.17, 15) is 14.7 Å². The van der Waals surface area contributed by atoms with Crippen LogP contribution in [0.4, 0.5) is 0 Å². The Morgan fingerprint density at radius 3 is 2.74 bits per heavy atom. The van der Waals surface area contributed by atoms with Gasteiger partial charge in [0.15, 0.2) is 6.10 Å². The van der Waals surface area contributed by atoms with Crippen molar-refractivity contribution in [3.63, 3.8) is 0 Å². The predicted octanol–water partition coefficient (Wildman–Crippen LogP) is 0.551. The number of ether oxygens (including phenoxy) is 2. The Morgan fingerprint density at radius 2 is 2.11 bits per heavy atom. The van der Waals surface area contributed by atoms with Gasteiger partial charge in [-0.05, 0) is 19.8 Å². The van der Waals surface area contributed by atoms with E-state index < -0.39 is 23.5 Å². The molecule has 0 bridgehead atoms. The number of aliphatic carboxylic acids is 1. The van der Waals surface area contributed by atoms with Crippen LogP contribution in [0.2, 0.25) is 0 Å². The lowest BCUT2D eigenvalue weighted by atomic mass is 9.74. The summed E-state index contributed by atoms with van der Waals surface area (Å²) in [5.41, 5.74) is -0.692. The van der Waals surface area contributed by atoms with E-state index in [0.29, 0.717) is 26.1 Å². The molecule has 0 aromatic carbocycles. The SMILES string of the molecule is C[C@]1(NC(=O)[C@@H]2COCCO2)CCCC[C@H]1C(=O)O. The Bertz CT molecular complexity index is 353. The Hall–Kier alpha value is -1.14. The van der Waals surface area contributed by atoms with Crippen LogP contribution in [0.3, 0.4) is 0 Å². The number of carboxylic acid groups (broad SMARTS) is 1. The first-order valence-electron chi connectivity index (χ1n) is 6.77. The number of hydrogen-bond donors (Lipinski definition) is 2. The first kappa shape index (κ1) is 14.3. The molecule has 3 atom stereocenters. The molecule has 6 nitrogen and oxygen atoms in total. The van der Waals surface area contributed by atoms with E-state index in [-0.39, 0.29) is 12.5 Å². The highest BCUT2D eigenvalue weighted by atomic mass is 16.6. The van der Waals surface area contributed by atoms with Crippen molar-refractivity contribution in [1.82, 2.24) is 5.32 Å². The summed E-state index contributed by atoms with van der Waals surface area (Å²) in [6.45, 7) is 2.95. The second-order valence-corrected chi connectivity index (χ2v) is 5.48. The molecule has 1 heterocycles. The zero-order chi connectivity index (χ0) is 13.9. The first-order chi connectivity index (χ1) is 9.03. The molecule has 1 amide bonds. The number of hydrogen-bond acceptors (Lipinski definition) is 4. The highest BCUT2D eigenvalue weighted by Crippen LogP contribution is 2.34. The molecule has 1 saturated carbocycles. The maximum atomic E-state index is 12.1. The average Bonchev–Trinajstić information content (AvgIpc) is 2.39. The fourth-order valence-corrected chi connectivity index (χ4v) is 2.88. The fraction of sp³-hybridized carbons (Fsp3) is 0.846. The van der Waals surface area contributed by atoms with Crippen molar-refractivity contribution in [3.8, 4) is 0 Å². The summed E-state index contributed by atoms with van der Waals surface area (Å²) in [5.74, 6) is -1.65. The highest BCUT2D eigenvalue weighted by molar-refractivity contribution is 5.83. The molecule has 0 spiro atoms. The van der Waals surface area contributed by atoms with Crippen LogP contribution in [0.15, 0.2) is 0 Å². The average molecular weight is 271 g/mol. The van der Waals surface area contributed by atoms with Crippen LogP contribution in [0.1, 0.15) is 32.6 Å². The van der Waals surface area contributed by atoms with Gasteiger partial charge in [0.05, 0.1) is 31.3 Å². The molecule has 1 aliphatic heterocycles. The molecule has 2 N–H and O–H groups in total. The van der Waals surface area contributed by atoms with Gasteiger partial charge in [-0.1, -0.05) is 12.8 Å². The summed E-state index contributed by atoms with van der Waals surface area (Å²) < 4.78 is 10.5. The molecule has 2 rings (SSSR count). The third-order valence-corrected chi connectivity index (χ3v) is 4.02. The van der Waals surface area contributed by atoms with Gasteiger partial charge in [-0.25, -0.2) is 0 Å². The second kappa shape index (κ2) is 5.88. The van der Waals surface area contributed by atoms with Crippen molar-refractivity contribution >= 4 is 11.9 Å². The van der Waals surface area contributed by atoms with Crippen LogP contribution in [0.25, 0.3) is 0 Å². The van der Waals surface area contributed by atoms with E-state index in [1.54, 1.807) is 0 Å². The molecule has 2 aliphatic rings. The van der Waals surface area contributed by atoms with Gasteiger partial charge in [-0.15, -0.1) is 0 Å². The van der Waals surface area contributed by atoms with Crippen molar-refractivity contribution in [2.45, 2.75) is 44.2 Å². The highest BCUT2D eigenvalue weighted by Gasteiger charge is 2.43. The third kappa shape index (κ3) is 3.25. The zero-order valence-electron chi connectivity index (χ0n) is 11.2. The molecule has 19 heavy (non-hydrogen) atoms. The lowest BCUT2D eigenvalue weighted by Crippen LogP contribution is -2.58. The van der Waals surface area contributed by atoms with Crippen LogP contribution < -0.4 is 5.32 Å². The van der Waals surface area contributed by atoms with E-state index in [4.69, 9.17) is 9.47 Å². The summed E-state index contributed by atoms with van der Waals surface area (Å²) >= 11 is 0. The molecule has 6 heteroatoms. The van der Waals surface area contributed by atoms with Gasteiger partial charge in [0.25, 0.3) is 5.91 Å². The summed E-state index contributed by atoms with van der Waals surface area (Å²) in [5, 5.41) is 12.2. The number of nitrogens with one attached hydrogen (secondary N) is 1. The molecule has 0 radical (unpaired) electrons. The van der Waals surface area contributed by atoms with Gasteiger partial charge >= 0.3 is 5.97 Å². The molecule has 108 valence electrons. The number of amides is 1. The Labute approximate surface area is 112 Å². The quantitative estimate of drug-likeness (QED) is 0.783. The van der Waals surface area contributed by atoms with Gasteiger partial charge in [0.2, 0.25) is 0 Å². The lowest BCUT2D eigenvalue weighted by Gasteiger charge is -2.40. The molecule has 0 aromatic heterocycles. The number of carbonyl (C=O) groups is 2. The van der Waals surface area contributed by atoms with Crippen LogP contribution in [0.5, 0.6) is 0 Å². The molecule has 0 unspecified atom stereocenters. The van der Waals surface area contributed by atoms with E-state index >= 15 is 0 Å². The van der Waals surface area contributed by atoms with Crippen LogP contribution >= 0.6 is 0 Å². The van der Waals surface area contributed by atoms with Gasteiger partial charge in [0, 0.05) is 0 Å². The molecule has 0 aromatic rings. The predicted molar refractivity (Wildman–Crippen MR) is 66.7 cm³/mol. The van der Waals surface area contributed by atoms with E-state index in [2.05, 4.69) is 5.32 Å². The summed E-state index contributed by atoms with van der Waals surface area (Å²) in [7, 11) is 0. The van der Waals surface area contributed by atoms with E-state index in [0.717, 1.165) is 12.8 Å². The smallest absolute Gasteiger partial charge is 0.308 e. The number of rotatable bonds is 3. The minimum absolute atomic E-state index is 0.236. The lowest BCUT2D eigenvalue weighted by molar-refractivity contribution is -0.153. The Balaban J connectivity index is 2.01. The standard InChI is InChI=1S/C13H21NO5/c1-13(5-3-2-4-9(13)12(16)17)14-11(15)10-8-18-6-7-19-10/h9-10H,2-8H2,1H3,(H,14,15)(H,16,17)/t9-,10-,13-/m0/s1. The molecular formula is C13H21NO5. The summed E-state index contributed by atoms with van der Waals surface area (Å²) in [4.78, 5) is 23.5. The summed E-state index contributed by atoms with van der Waals surface area (Å²) in [6, 6.07) is 0. The maximum absolute atomic E-state index is 12.1. The zero-order valence-corrected chi connectivity index (χ0v) is 11.2. The van der Waals surface area contributed by atoms with Gasteiger partial charge in [0.1, 0.15) is 0 Å². The molecular weight excluding hydrogens is 250 g/mol. The molecule has 1 aliphatic carbocycles. The van der Waals surface area contributed by atoms with Crippen LogP contribution in [-0.4, -0.2) is 48.4 Å². The van der Waals surface area contributed by atoms with Gasteiger partial charge < -0.3 is 19.9 Å². The van der Waals surface area contributed by atoms with Crippen molar-refractivity contribution in [1.29, 1.82) is 0 Å². The Morgan fingerprint density at radius 1 is 1.32 bits per heavy atom. The van der Waals surface area contributed by atoms with Gasteiger partial charge in [-0.2, -0.15) is 0 Å². The fourth-order valence-electron chi connectivity index (χ4n) is 2.88. The van der Waals surface area contributed by atoms with Crippen molar-refractivity contribution in [2.24, 2.45) is 5.92 Å². The van der Waals surface area contributed by atoms with Crippen molar-refractivity contribution < 1.29 is 24.2 Å². The normalized spacial score (nSPS) is 35.6. The minimum Gasteiger partial charge on any atom is -0.481 e. The Kier molecular flexibility index (Phi) is 4.42. The number of carboxylic acids is 1. The summed E-state index contributed by atoms with van der Waals surface area (Å²) in [6.07, 6.45) is 2.49. The van der Waals surface area contributed by atoms with Crippen LogP contribution in [-0.2, 0) is 19.1 Å². The van der Waals surface area contributed by atoms with Crippen molar-refractivity contribution in [2.75, 3.05) is 19.8 Å². The largest absolute Gasteiger partial charge is 0.481 e. The topological polar surface area (TPSA) is 84.9 Å².